The Morgan fingerprint density at radius 1 is 1.25 bits per heavy atom. The summed E-state index contributed by atoms with van der Waals surface area (Å²) < 4.78 is 5.69. The summed E-state index contributed by atoms with van der Waals surface area (Å²) in [6, 6.07) is 9.16. The van der Waals surface area contributed by atoms with Crippen LogP contribution in [-0.4, -0.2) is 26.3 Å². The first kappa shape index (κ1) is 15.5. The Morgan fingerprint density at radius 2 is 2.00 bits per heavy atom. The fraction of sp³-hybridized carbons (Fsp3) is 0.667. The van der Waals surface area contributed by atoms with Crippen LogP contribution < -0.4 is 5.32 Å². The molecule has 0 amide bonds. The number of hydrogen-bond donors (Lipinski definition) is 1. The van der Waals surface area contributed by atoms with E-state index in [0.717, 1.165) is 32.7 Å². The molecule has 1 saturated heterocycles. The van der Waals surface area contributed by atoms with Gasteiger partial charge < -0.3 is 10.1 Å². The monoisotopic (exact) mass is 275 g/mol. The van der Waals surface area contributed by atoms with E-state index in [1.165, 1.54) is 24.0 Å². The van der Waals surface area contributed by atoms with Crippen LogP contribution >= 0.6 is 0 Å². The Bertz CT molecular complexity index is 390. The molecule has 1 aromatic carbocycles. The topological polar surface area (TPSA) is 21.3 Å². The van der Waals surface area contributed by atoms with Crippen molar-refractivity contribution in [1.29, 1.82) is 0 Å². The number of hydrogen-bond acceptors (Lipinski definition) is 2. The second kappa shape index (κ2) is 7.24. The Hall–Kier alpha value is -0.860. The Balaban J connectivity index is 2.00. The van der Waals surface area contributed by atoms with Gasteiger partial charge in [-0.05, 0) is 42.9 Å². The van der Waals surface area contributed by atoms with Crippen molar-refractivity contribution in [3.05, 3.63) is 35.4 Å². The van der Waals surface area contributed by atoms with Gasteiger partial charge in [-0.15, -0.1) is 0 Å². The molecule has 1 aliphatic heterocycles. The molecule has 1 fully saturated rings. The lowest BCUT2D eigenvalue weighted by Gasteiger charge is -2.28. The summed E-state index contributed by atoms with van der Waals surface area (Å²) in [5, 5.41) is 3.59. The number of ether oxygens (including phenoxy) is 1. The zero-order valence-electron chi connectivity index (χ0n) is 13.2. The molecule has 0 aromatic heterocycles. The van der Waals surface area contributed by atoms with Crippen molar-refractivity contribution in [1.82, 2.24) is 5.32 Å². The lowest BCUT2D eigenvalue weighted by molar-refractivity contribution is 0.149. The molecule has 20 heavy (non-hydrogen) atoms. The largest absolute Gasteiger partial charge is 0.381 e. The van der Waals surface area contributed by atoms with Crippen molar-refractivity contribution in [2.24, 2.45) is 5.41 Å². The summed E-state index contributed by atoms with van der Waals surface area (Å²) in [7, 11) is 0. The molecule has 1 heterocycles. The molecule has 1 aromatic rings. The van der Waals surface area contributed by atoms with E-state index in [1.54, 1.807) is 0 Å². The molecule has 1 aliphatic rings. The molecular weight excluding hydrogens is 246 g/mol. The molecular formula is C18H29NO. The molecule has 0 aliphatic carbocycles. The Labute approximate surface area is 123 Å². The number of benzene rings is 1. The van der Waals surface area contributed by atoms with Gasteiger partial charge in [0, 0.05) is 18.6 Å². The third-order valence-electron chi connectivity index (χ3n) is 4.34. The van der Waals surface area contributed by atoms with Crippen LogP contribution in [0.5, 0.6) is 0 Å². The first-order valence-corrected chi connectivity index (χ1v) is 8.02. The quantitative estimate of drug-likeness (QED) is 0.765. The van der Waals surface area contributed by atoms with E-state index in [9.17, 15) is 0 Å². The summed E-state index contributed by atoms with van der Waals surface area (Å²) >= 11 is 0. The minimum Gasteiger partial charge on any atom is -0.381 e. The van der Waals surface area contributed by atoms with Gasteiger partial charge in [0.05, 0.1) is 6.61 Å². The lowest BCUT2D eigenvalue weighted by Crippen LogP contribution is -2.37. The van der Waals surface area contributed by atoms with Crippen LogP contribution in [0.25, 0.3) is 0 Å². The fourth-order valence-corrected chi connectivity index (χ4v) is 2.97. The van der Waals surface area contributed by atoms with Crippen LogP contribution in [-0.2, 0) is 11.2 Å². The zero-order valence-corrected chi connectivity index (χ0v) is 13.2. The molecule has 1 atom stereocenters. The Morgan fingerprint density at radius 3 is 2.55 bits per heavy atom. The normalized spacial score (nSPS) is 22.6. The smallest absolute Gasteiger partial charge is 0.0538 e. The summed E-state index contributed by atoms with van der Waals surface area (Å²) in [5.74, 6) is 0.610. The van der Waals surface area contributed by atoms with Gasteiger partial charge in [0.1, 0.15) is 0 Å². The van der Waals surface area contributed by atoms with Crippen molar-refractivity contribution in [2.75, 3.05) is 26.3 Å². The number of rotatable bonds is 7. The molecule has 0 saturated carbocycles. The van der Waals surface area contributed by atoms with E-state index in [4.69, 9.17) is 4.74 Å². The van der Waals surface area contributed by atoms with E-state index in [1.807, 2.05) is 0 Å². The molecule has 0 radical (unpaired) electrons. The summed E-state index contributed by atoms with van der Waals surface area (Å²) in [6.45, 7) is 10.7. The first-order chi connectivity index (χ1) is 9.65. The van der Waals surface area contributed by atoms with E-state index in [-0.39, 0.29) is 0 Å². The molecule has 2 nitrogen and oxygen atoms in total. The summed E-state index contributed by atoms with van der Waals surface area (Å²) in [6.07, 6.45) is 3.50. The summed E-state index contributed by atoms with van der Waals surface area (Å²) in [4.78, 5) is 0. The van der Waals surface area contributed by atoms with Gasteiger partial charge in [-0.1, -0.05) is 45.0 Å². The predicted octanol–water partition coefficient (Wildman–Crippen LogP) is 3.76. The van der Waals surface area contributed by atoms with Gasteiger partial charge in [0.15, 0.2) is 0 Å². The minimum atomic E-state index is 0.300. The molecule has 2 rings (SSSR count). The third kappa shape index (κ3) is 4.07. The maximum Gasteiger partial charge on any atom is 0.0538 e. The maximum atomic E-state index is 5.69. The highest BCUT2D eigenvalue weighted by Crippen LogP contribution is 2.32. The minimum absolute atomic E-state index is 0.300. The van der Waals surface area contributed by atoms with Crippen LogP contribution in [0.3, 0.4) is 0 Å². The summed E-state index contributed by atoms with van der Waals surface area (Å²) in [5.41, 5.74) is 3.17. The van der Waals surface area contributed by atoms with Crippen LogP contribution in [0.4, 0.5) is 0 Å². The average Bonchev–Trinajstić information content (AvgIpc) is 2.88. The second-order valence-electron chi connectivity index (χ2n) is 6.55. The highest BCUT2D eigenvalue weighted by Gasteiger charge is 2.34. The van der Waals surface area contributed by atoms with E-state index >= 15 is 0 Å². The standard InChI is InChI=1S/C18H29NO/c1-4-10-19-13-18(9-11-20-14-18)12-16-5-7-17(8-6-16)15(2)3/h5-8,15,19H,4,9-14H2,1-3H3. The first-order valence-electron chi connectivity index (χ1n) is 8.02. The number of nitrogens with one attached hydrogen (secondary N) is 1. The van der Waals surface area contributed by atoms with Gasteiger partial charge in [-0.25, -0.2) is 0 Å². The van der Waals surface area contributed by atoms with Gasteiger partial charge in [0.25, 0.3) is 0 Å². The molecule has 112 valence electrons. The van der Waals surface area contributed by atoms with E-state index in [2.05, 4.69) is 50.4 Å². The second-order valence-corrected chi connectivity index (χ2v) is 6.55. The maximum absolute atomic E-state index is 5.69. The molecule has 1 N–H and O–H groups in total. The van der Waals surface area contributed by atoms with Crippen molar-refractivity contribution in [3.8, 4) is 0 Å². The van der Waals surface area contributed by atoms with Crippen molar-refractivity contribution in [2.45, 2.75) is 46.0 Å². The van der Waals surface area contributed by atoms with Crippen LogP contribution in [0.1, 0.15) is 50.7 Å². The van der Waals surface area contributed by atoms with Gasteiger partial charge >= 0.3 is 0 Å². The SMILES string of the molecule is CCCNCC1(Cc2ccc(C(C)C)cc2)CCOC1. The highest BCUT2D eigenvalue weighted by atomic mass is 16.5. The van der Waals surface area contributed by atoms with Crippen LogP contribution in [0.15, 0.2) is 24.3 Å². The van der Waals surface area contributed by atoms with Gasteiger partial charge in [0.2, 0.25) is 0 Å². The molecule has 1 unspecified atom stereocenters. The average molecular weight is 275 g/mol. The predicted molar refractivity (Wildman–Crippen MR) is 85.3 cm³/mol. The van der Waals surface area contributed by atoms with Crippen molar-refractivity contribution < 1.29 is 4.74 Å². The third-order valence-corrected chi connectivity index (χ3v) is 4.34. The molecule has 2 heteroatoms. The van der Waals surface area contributed by atoms with Crippen molar-refractivity contribution in [3.63, 3.8) is 0 Å². The van der Waals surface area contributed by atoms with Gasteiger partial charge in [-0.3, -0.25) is 0 Å². The van der Waals surface area contributed by atoms with E-state index in [0.29, 0.717) is 11.3 Å². The van der Waals surface area contributed by atoms with Gasteiger partial charge in [-0.2, -0.15) is 0 Å². The van der Waals surface area contributed by atoms with Crippen LogP contribution in [0, 0.1) is 5.41 Å². The Kier molecular flexibility index (Phi) is 5.62. The van der Waals surface area contributed by atoms with Crippen molar-refractivity contribution >= 4 is 0 Å². The van der Waals surface area contributed by atoms with E-state index < -0.39 is 0 Å². The molecule has 0 spiro atoms. The highest BCUT2D eigenvalue weighted by molar-refractivity contribution is 5.25. The fourth-order valence-electron chi connectivity index (χ4n) is 2.97. The zero-order chi connectivity index (χ0) is 14.4. The lowest BCUT2D eigenvalue weighted by atomic mass is 9.80. The van der Waals surface area contributed by atoms with Crippen LogP contribution in [0.2, 0.25) is 0 Å². The molecule has 0 bridgehead atoms.